The van der Waals surface area contributed by atoms with E-state index in [1.54, 1.807) is 23.6 Å². The van der Waals surface area contributed by atoms with Crippen LogP contribution in [0.15, 0.2) is 46.8 Å². The van der Waals surface area contributed by atoms with E-state index in [1.165, 1.54) is 27.5 Å². The molecule has 0 saturated carbocycles. The highest BCUT2D eigenvalue weighted by Crippen LogP contribution is 2.15. The Balaban J connectivity index is 1.43. The highest BCUT2D eigenvalue weighted by atomic mass is 32.1. The van der Waals surface area contributed by atoms with E-state index >= 15 is 0 Å². The Kier molecular flexibility index (Phi) is 5.40. The lowest BCUT2D eigenvalue weighted by Gasteiger charge is -2.22. The monoisotopic (exact) mass is 398 g/mol. The number of hydrogen-bond donors (Lipinski definition) is 0. The van der Waals surface area contributed by atoms with Crippen LogP contribution in [-0.4, -0.2) is 58.4 Å². The molecule has 3 heterocycles. The Morgan fingerprint density at radius 1 is 1.18 bits per heavy atom. The lowest BCUT2D eigenvalue weighted by molar-refractivity contribution is 0.0758. The molecule has 2 aromatic heterocycles. The number of carbonyl (C=O) groups excluding carboxylic acids is 1. The predicted octanol–water partition coefficient (Wildman–Crippen LogP) is 2.11. The number of carbonyl (C=O) groups is 1. The first-order valence-corrected chi connectivity index (χ1v) is 10.1. The van der Waals surface area contributed by atoms with Crippen molar-refractivity contribution in [3.63, 3.8) is 0 Å². The van der Waals surface area contributed by atoms with Crippen molar-refractivity contribution in [2.45, 2.75) is 13.0 Å². The zero-order valence-corrected chi connectivity index (χ0v) is 16.5. The number of hydrogen-bond acceptors (Lipinski definition) is 6. The van der Waals surface area contributed by atoms with Crippen molar-refractivity contribution in [3.05, 3.63) is 63.5 Å². The number of aromatic nitrogens is 2. The minimum atomic E-state index is -0.296. The van der Waals surface area contributed by atoms with E-state index < -0.39 is 0 Å². The maximum absolute atomic E-state index is 12.9. The quantitative estimate of drug-likeness (QED) is 0.673. The fourth-order valence-corrected chi connectivity index (χ4v) is 4.14. The highest BCUT2D eigenvalue weighted by molar-refractivity contribution is 7.15. The van der Waals surface area contributed by atoms with Crippen LogP contribution in [0.2, 0.25) is 0 Å². The van der Waals surface area contributed by atoms with Crippen molar-refractivity contribution in [2.75, 3.05) is 33.3 Å². The molecule has 7 nitrogen and oxygen atoms in total. The summed E-state index contributed by atoms with van der Waals surface area (Å²) in [6, 6.07) is 8.05. The number of thiazole rings is 1. The van der Waals surface area contributed by atoms with Crippen LogP contribution in [0, 0.1) is 0 Å². The van der Waals surface area contributed by atoms with Crippen molar-refractivity contribution in [1.29, 1.82) is 0 Å². The van der Waals surface area contributed by atoms with Crippen molar-refractivity contribution < 1.29 is 9.53 Å². The van der Waals surface area contributed by atoms with Gasteiger partial charge in [-0.2, -0.15) is 0 Å². The van der Waals surface area contributed by atoms with E-state index in [-0.39, 0.29) is 17.0 Å². The molecule has 8 heteroatoms. The molecule has 1 aromatic carbocycles. The smallest absolute Gasteiger partial charge is 0.271 e. The second-order valence-corrected chi connectivity index (χ2v) is 7.68. The summed E-state index contributed by atoms with van der Waals surface area (Å²) in [5.74, 6) is 0.614. The fraction of sp³-hybridized carbons (Fsp3) is 0.350. The number of rotatable bonds is 4. The Morgan fingerprint density at radius 3 is 2.79 bits per heavy atom. The molecular formula is C20H22N4O3S. The molecule has 1 amide bonds. The summed E-state index contributed by atoms with van der Waals surface area (Å²) < 4.78 is 6.64. The van der Waals surface area contributed by atoms with Crippen LogP contribution in [-0.2, 0) is 6.54 Å². The fourth-order valence-electron chi connectivity index (χ4n) is 3.46. The van der Waals surface area contributed by atoms with Gasteiger partial charge in [-0.15, -0.1) is 11.3 Å². The first kappa shape index (κ1) is 18.6. The summed E-state index contributed by atoms with van der Waals surface area (Å²) >= 11 is 1.38. The van der Waals surface area contributed by atoms with Gasteiger partial charge in [-0.1, -0.05) is 12.1 Å². The molecule has 0 bridgehead atoms. The summed E-state index contributed by atoms with van der Waals surface area (Å²) in [5, 5.41) is 1.79. The van der Waals surface area contributed by atoms with Gasteiger partial charge in [0, 0.05) is 50.5 Å². The van der Waals surface area contributed by atoms with Crippen molar-refractivity contribution >= 4 is 22.2 Å². The van der Waals surface area contributed by atoms with Crippen molar-refractivity contribution in [1.82, 2.24) is 19.2 Å². The van der Waals surface area contributed by atoms with Crippen LogP contribution in [0.4, 0.5) is 0 Å². The molecule has 1 aliphatic rings. The van der Waals surface area contributed by atoms with Gasteiger partial charge in [0.25, 0.3) is 11.5 Å². The van der Waals surface area contributed by atoms with E-state index in [9.17, 15) is 9.59 Å². The minimum absolute atomic E-state index is 0.138. The SMILES string of the molecule is COc1ccc(CN2CCCN(C(=O)c3cnc4sccn4c3=O)CC2)cc1. The van der Waals surface area contributed by atoms with Crippen LogP contribution in [0.5, 0.6) is 5.75 Å². The number of ether oxygens (including phenoxy) is 1. The molecule has 0 unspecified atom stereocenters. The van der Waals surface area contributed by atoms with Crippen molar-refractivity contribution in [3.8, 4) is 5.75 Å². The predicted molar refractivity (Wildman–Crippen MR) is 108 cm³/mol. The molecule has 1 saturated heterocycles. The standard InChI is InChI=1S/C20H22N4O3S/c1-27-16-5-3-15(4-6-16)14-22-7-2-8-23(10-9-22)18(25)17-13-21-20-24(19(17)26)11-12-28-20/h3-6,11-13H,2,7-10,14H2,1H3. The van der Waals surface area contributed by atoms with Gasteiger partial charge in [0.05, 0.1) is 7.11 Å². The zero-order valence-electron chi connectivity index (χ0n) is 15.7. The molecule has 3 aromatic rings. The maximum atomic E-state index is 12.9. The second-order valence-electron chi connectivity index (χ2n) is 6.80. The number of amides is 1. The van der Waals surface area contributed by atoms with Gasteiger partial charge in [-0.25, -0.2) is 4.98 Å². The van der Waals surface area contributed by atoms with Gasteiger partial charge in [0.15, 0.2) is 4.96 Å². The largest absolute Gasteiger partial charge is 0.497 e. The third-order valence-corrected chi connectivity index (χ3v) is 5.78. The Morgan fingerprint density at radius 2 is 2.00 bits per heavy atom. The van der Waals surface area contributed by atoms with Crippen molar-refractivity contribution in [2.24, 2.45) is 0 Å². The third-order valence-electron chi connectivity index (χ3n) is 5.01. The van der Waals surface area contributed by atoms with Gasteiger partial charge in [0.1, 0.15) is 11.3 Å². The number of nitrogens with zero attached hydrogens (tertiary/aromatic N) is 4. The van der Waals surface area contributed by atoms with Gasteiger partial charge >= 0.3 is 0 Å². The number of benzene rings is 1. The molecule has 146 valence electrons. The normalized spacial score (nSPS) is 15.5. The molecule has 0 radical (unpaired) electrons. The highest BCUT2D eigenvalue weighted by Gasteiger charge is 2.23. The average Bonchev–Trinajstić information content (AvgIpc) is 3.09. The zero-order chi connectivity index (χ0) is 19.5. The molecule has 0 N–H and O–H groups in total. The molecular weight excluding hydrogens is 376 g/mol. The average molecular weight is 398 g/mol. The molecule has 1 fully saturated rings. The van der Waals surface area contributed by atoms with E-state index in [2.05, 4.69) is 22.0 Å². The Bertz CT molecular complexity index is 1030. The first-order chi connectivity index (χ1) is 13.7. The number of methoxy groups -OCH3 is 1. The van der Waals surface area contributed by atoms with E-state index in [0.717, 1.165) is 31.8 Å². The topological polar surface area (TPSA) is 67.2 Å². The summed E-state index contributed by atoms with van der Waals surface area (Å²) in [6.45, 7) is 3.76. The second kappa shape index (κ2) is 8.12. The Hall–Kier alpha value is -2.71. The van der Waals surface area contributed by atoms with Gasteiger partial charge in [-0.05, 0) is 24.1 Å². The number of fused-ring (bicyclic) bond motifs is 1. The minimum Gasteiger partial charge on any atom is -0.497 e. The Labute approximate surface area is 166 Å². The van der Waals surface area contributed by atoms with Gasteiger partial charge < -0.3 is 9.64 Å². The lowest BCUT2D eigenvalue weighted by atomic mass is 10.2. The van der Waals surface area contributed by atoms with Crippen LogP contribution >= 0.6 is 11.3 Å². The van der Waals surface area contributed by atoms with Gasteiger partial charge in [-0.3, -0.25) is 18.9 Å². The summed E-state index contributed by atoms with van der Waals surface area (Å²) in [5.41, 5.74) is 1.06. The van der Waals surface area contributed by atoms with Crippen LogP contribution in [0.3, 0.4) is 0 Å². The molecule has 4 rings (SSSR count). The molecule has 0 atom stereocenters. The molecule has 1 aliphatic heterocycles. The lowest BCUT2D eigenvalue weighted by Crippen LogP contribution is -2.38. The van der Waals surface area contributed by atoms with E-state index in [1.807, 2.05) is 12.1 Å². The summed E-state index contributed by atoms with van der Waals surface area (Å²) in [4.78, 5) is 34.4. The molecule has 0 aliphatic carbocycles. The summed E-state index contributed by atoms with van der Waals surface area (Å²) in [6.07, 6.45) is 3.94. The third kappa shape index (κ3) is 3.79. The van der Waals surface area contributed by atoms with E-state index in [4.69, 9.17) is 4.74 Å². The van der Waals surface area contributed by atoms with Crippen LogP contribution < -0.4 is 10.3 Å². The van der Waals surface area contributed by atoms with Crippen LogP contribution in [0.25, 0.3) is 4.96 Å². The first-order valence-electron chi connectivity index (χ1n) is 9.25. The van der Waals surface area contributed by atoms with E-state index in [0.29, 0.717) is 18.1 Å². The van der Waals surface area contributed by atoms with Crippen LogP contribution in [0.1, 0.15) is 22.3 Å². The van der Waals surface area contributed by atoms with Gasteiger partial charge in [0.2, 0.25) is 0 Å². The maximum Gasteiger partial charge on any atom is 0.271 e. The molecule has 28 heavy (non-hydrogen) atoms. The molecule has 0 spiro atoms. The summed E-state index contributed by atoms with van der Waals surface area (Å²) in [7, 11) is 1.66.